The van der Waals surface area contributed by atoms with Crippen molar-refractivity contribution in [3.8, 4) is 11.6 Å². The van der Waals surface area contributed by atoms with Crippen molar-refractivity contribution in [1.82, 2.24) is 9.97 Å². The Balaban J connectivity index is 0.00000208. The van der Waals surface area contributed by atoms with Crippen LogP contribution < -0.4 is 15.2 Å². The number of benzene rings is 1. The van der Waals surface area contributed by atoms with E-state index < -0.39 is 23.5 Å². The minimum atomic E-state index is -4.97. The number of hydrogen-bond donors (Lipinski definition) is 1. The quantitative estimate of drug-likeness (QED) is 0.829. The van der Waals surface area contributed by atoms with Crippen molar-refractivity contribution >= 4 is 12.4 Å². The molecule has 1 aliphatic heterocycles. The Morgan fingerprint density at radius 2 is 1.92 bits per heavy atom. The van der Waals surface area contributed by atoms with Crippen molar-refractivity contribution < 1.29 is 27.0 Å². The predicted molar refractivity (Wildman–Crippen MR) is 77.4 cm³/mol. The maximum atomic E-state index is 13.9. The maximum absolute atomic E-state index is 13.9. The van der Waals surface area contributed by atoms with E-state index in [1.165, 1.54) is 18.5 Å². The molecule has 1 unspecified atom stereocenters. The van der Waals surface area contributed by atoms with Gasteiger partial charge >= 0.3 is 6.36 Å². The van der Waals surface area contributed by atoms with Crippen LogP contribution in [0.3, 0.4) is 0 Å². The van der Waals surface area contributed by atoms with Gasteiger partial charge in [0.05, 0.1) is 12.1 Å². The highest BCUT2D eigenvalue weighted by molar-refractivity contribution is 5.85. The van der Waals surface area contributed by atoms with E-state index in [1.54, 1.807) is 0 Å². The van der Waals surface area contributed by atoms with Crippen LogP contribution in [0.15, 0.2) is 30.6 Å². The first-order valence-electron chi connectivity index (χ1n) is 6.58. The zero-order valence-electron chi connectivity index (χ0n) is 12.0. The van der Waals surface area contributed by atoms with Gasteiger partial charge in [0.1, 0.15) is 5.69 Å². The lowest BCUT2D eigenvalue weighted by atomic mass is 9.83. The van der Waals surface area contributed by atoms with Crippen LogP contribution in [0.2, 0.25) is 0 Å². The van der Waals surface area contributed by atoms with Gasteiger partial charge in [0.15, 0.2) is 11.6 Å². The number of aromatic nitrogens is 2. The summed E-state index contributed by atoms with van der Waals surface area (Å²) in [7, 11) is 0. The molecule has 0 fully saturated rings. The standard InChI is InChI=1S/C14H11F4N3O2.ClH/c15-9-7-8(1-2-10(9)23-14(16,17)18)13(19)3-6-22-12-11(13)20-4-5-21-12;/h1-2,4-5,7H,3,6,19H2;1H. The molecule has 0 saturated heterocycles. The van der Waals surface area contributed by atoms with Crippen molar-refractivity contribution in [2.24, 2.45) is 5.73 Å². The molecule has 5 nitrogen and oxygen atoms in total. The van der Waals surface area contributed by atoms with E-state index >= 15 is 0 Å². The molecule has 1 aromatic heterocycles. The zero-order valence-corrected chi connectivity index (χ0v) is 12.8. The van der Waals surface area contributed by atoms with Crippen LogP contribution in [0, 0.1) is 5.82 Å². The predicted octanol–water partition coefficient (Wildman–Crippen LogP) is 2.92. The molecule has 2 aromatic rings. The molecule has 2 N–H and O–H groups in total. The molecule has 1 aromatic carbocycles. The Kier molecular flexibility index (Phi) is 4.86. The molecule has 1 atom stereocenters. The number of nitrogens with zero attached hydrogens (tertiary/aromatic N) is 2. The van der Waals surface area contributed by atoms with Gasteiger partial charge < -0.3 is 15.2 Å². The van der Waals surface area contributed by atoms with Gasteiger partial charge in [-0.1, -0.05) is 6.07 Å². The number of halogens is 5. The molecular formula is C14H12ClF4N3O2. The summed E-state index contributed by atoms with van der Waals surface area (Å²) < 4.78 is 59.5. The summed E-state index contributed by atoms with van der Waals surface area (Å²) in [6.45, 7) is 0.227. The highest BCUT2D eigenvalue weighted by atomic mass is 35.5. The number of hydrogen-bond acceptors (Lipinski definition) is 5. The lowest BCUT2D eigenvalue weighted by molar-refractivity contribution is -0.275. The number of fused-ring (bicyclic) bond motifs is 1. The van der Waals surface area contributed by atoms with Gasteiger partial charge in [-0.25, -0.2) is 9.37 Å². The Morgan fingerprint density at radius 3 is 2.58 bits per heavy atom. The first-order valence-corrected chi connectivity index (χ1v) is 6.58. The van der Waals surface area contributed by atoms with Crippen molar-refractivity contribution in [3.63, 3.8) is 0 Å². The van der Waals surface area contributed by atoms with Crippen LogP contribution in [0.25, 0.3) is 0 Å². The summed E-state index contributed by atoms with van der Waals surface area (Å²) in [4.78, 5) is 8.11. The van der Waals surface area contributed by atoms with Gasteiger partial charge in [0.2, 0.25) is 5.88 Å². The Bertz CT molecular complexity index is 744. The maximum Gasteiger partial charge on any atom is 0.573 e. The van der Waals surface area contributed by atoms with Gasteiger partial charge in [0, 0.05) is 18.8 Å². The SMILES string of the molecule is Cl.NC1(c2ccc(OC(F)(F)F)c(F)c2)CCOc2nccnc21. The lowest BCUT2D eigenvalue weighted by Gasteiger charge is -2.34. The lowest BCUT2D eigenvalue weighted by Crippen LogP contribution is -2.43. The van der Waals surface area contributed by atoms with Gasteiger partial charge in [-0.05, 0) is 17.7 Å². The van der Waals surface area contributed by atoms with Crippen molar-refractivity contribution in [3.05, 3.63) is 47.7 Å². The van der Waals surface area contributed by atoms with E-state index in [1.807, 2.05) is 0 Å². The van der Waals surface area contributed by atoms with Crippen molar-refractivity contribution in [2.75, 3.05) is 6.61 Å². The third-order valence-electron chi connectivity index (χ3n) is 3.50. The first-order chi connectivity index (χ1) is 10.8. The van der Waals surface area contributed by atoms with Crippen LogP contribution in [-0.4, -0.2) is 22.9 Å². The Hall–Kier alpha value is -2.13. The molecule has 10 heteroatoms. The summed E-state index contributed by atoms with van der Waals surface area (Å²) in [6, 6.07) is 3.07. The zero-order chi connectivity index (χ0) is 16.7. The summed E-state index contributed by atoms with van der Waals surface area (Å²) >= 11 is 0. The molecular weight excluding hydrogens is 354 g/mol. The van der Waals surface area contributed by atoms with Crippen LogP contribution in [0.1, 0.15) is 17.7 Å². The minimum Gasteiger partial charge on any atom is -0.476 e. The molecule has 24 heavy (non-hydrogen) atoms. The average molecular weight is 366 g/mol. The van der Waals surface area contributed by atoms with E-state index in [2.05, 4.69) is 14.7 Å². The second-order valence-corrected chi connectivity index (χ2v) is 4.97. The molecule has 0 bridgehead atoms. The van der Waals surface area contributed by atoms with Crippen LogP contribution in [0.4, 0.5) is 17.6 Å². The average Bonchev–Trinajstić information content (AvgIpc) is 2.48. The smallest absolute Gasteiger partial charge is 0.476 e. The molecule has 130 valence electrons. The fraction of sp³-hybridized carbons (Fsp3) is 0.286. The number of nitrogens with two attached hydrogens (primary N) is 1. The van der Waals surface area contributed by atoms with Gasteiger partial charge in [-0.15, -0.1) is 25.6 Å². The highest BCUT2D eigenvalue weighted by Crippen LogP contribution is 2.38. The number of ether oxygens (including phenoxy) is 2. The first kappa shape index (κ1) is 18.2. The van der Waals surface area contributed by atoms with Crippen molar-refractivity contribution in [1.29, 1.82) is 0 Å². The fourth-order valence-electron chi connectivity index (χ4n) is 2.43. The van der Waals surface area contributed by atoms with E-state index in [9.17, 15) is 17.6 Å². The molecule has 1 aliphatic rings. The summed E-state index contributed by atoms with van der Waals surface area (Å²) in [5.74, 6) is -1.87. The largest absolute Gasteiger partial charge is 0.573 e. The van der Waals surface area contributed by atoms with Gasteiger partial charge in [-0.3, -0.25) is 4.98 Å². The molecule has 0 radical (unpaired) electrons. The number of alkyl halides is 3. The van der Waals surface area contributed by atoms with E-state index in [4.69, 9.17) is 10.5 Å². The van der Waals surface area contributed by atoms with Crippen LogP contribution >= 0.6 is 12.4 Å². The normalized spacial score (nSPS) is 19.7. The fourth-order valence-corrected chi connectivity index (χ4v) is 2.43. The Morgan fingerprint density at radius 1 is 1.21 bits per heavy atom. The summed E-state index contributed by atoms with van der Waals surface area (Å²) in [5.41, 5.74) is 5.68. The third-order valence-corrected chi connectivity index (χ3v) is 3.50. The van der Waals surface area contributed by atoms with Crippen LogP contribution in [-0.2, 0) is 5.54 Å². The molecule has 0 spiro atoms. The second kappa shape index (κ2) is 6.40. The molecule has 0 amide bonds. The van der Waals surface area contributed by atoms with Crippen LogP contribution in [0.5, 0.6) is 11.6 Å². The third kappa shape index (κ3) is 3.36. The Labute approximate surface area is 140 Å². The van der Waals surface area contributed by atoms with E-state index in [0.717, 1.165) is 12.1 Å². The van der Waals surface area contributed by atoms with E-state index in [-0.39, 0.29) is 36.9 Å². The van der Waals surface area contributed by atoms with E-state index in [0.29, 0.717) is 5.69 Å². The molecule has 0 saturated carbocycles. The van der Waals surface area contributed by atoms with Gasteiger partial charge in [-0.2, -0.15) is 0 Å². The molecule has 2 heterocycles. The number of rotatable bonds is 2. The molecule has 0 aliphatic carbocycles. The monoisotopic (exact) mass is 365 g/mol. The molecule has 3 rings (SSSR count). The summed E-state index contributed by atoms with van der Waals surface area (Å²) in [6.07, 6.45) is -1.87. The van der Waals surface area contributed by atoms with Gasteiger partial charge in [0.25, 0.3) is 0 Å². The highest BCUT2D eigenvalue weighted by Gasteiger charge is 2.39. The topological polar surface area (TPSA) is 70.3 Å². The van der Waals surface area contributed by atoms with Crippen molar-refractivity contribution in [2.45, 2.75) is 18.3 Å². The second-order valence-electron chi connectivity index (χ2n) is 4.97. The summed E-state index contributed by atoms with van der Waals surface area (Å²) in [5, 5.41) is 0. The minimum absolute atomic E-state index is 0.